The fraction of sp³-hybridized carbons (Fsp3) is 0.333. The average molecular weight is 368 g/mol. The van der Waals surface area contributed by atoms with Crippen LogP contribution >= 0.6 is 0 Å². The predicted octanol–water partition coefficient (Wildman–Crippen LogP) is 1.70. The smallest absolute Gasteiger partial charge is 0.256 e. The Kier molecular flexibility index (Phi) is 3.66. The number of anilines is 1. The molecule has 9 heteroatoms. The van der Waals surface area contributed by atoms with Crippen LogP contribution in [0.1, 0.15) is 34.3 Å². The maximum atomic E-state index is 14.3. The number of rotatable bonds is 5. The number of hydrogen-bond donors (Lipinski definition) is 2. The Morgan fingerprint density at radius 1 is 1.37 bits per heavy atom. The van der Waals surface area contributed by atoms with Crippen molar-refractivity contribution in [3.05, 3.63) is 47.2 Å². The lowest BCUT2D eigenvalue weighted by molar-refractivity contribution is 0.0952. The molecule has 3 heterocycles. The summed E-state index contributed by atoms with van der Waals surface area (Å²) in [4.78, 5) is 16.7. The van der Waals surface area contributed by atoms with Gasteiger partial charge in [0.25, 0.3) is 5.91 Å². The van der Waals surface area contributed by atoms with Crippen LogP contribution in [0, 0.1) is 5.82 Å². The molecule has 5 rings (SSSR count). The Morgan fingerprint density at radius 2 is 2.26 bits per heavy atom. The molecule has 0 atom stereocenters. The number of amides is 1. The third-order valence-corrected chi connectivity index (χ3v) is 4.85. The number of carbonyl (C=O) groups excluding carboxylic acids is 1. The number of carbonyl (C=O) groups is 1. The fourth-order valence-corrected chi connectivity index (χ4v) is 3.27. The Labute approximate surface area is 153 Å². The summed E-state index contributed by atoms with van der Waals surface area (Å²) in [5.41, 5.74) is 2.21. The molecule has 27 heavy (non-hydrogen) atoms. The van der Waals surface area contributed by atoms with Crippen molar-refractivity contribution in [1.29, 1.82) is 0 Å². The van der Waals surface area contributed by atoms with Gasteiger partial charge in [-0.05, 0) is 25.0 Å². The Balaban J connectivity index is 1.43. The van der Waals surface area contributed by atoms with Gasteiger partial charge in [-0.3, -0.25) is 9.20 Å². The molecule has 0 spiro atoms. The third kappa shape index (κ3) is 2.84. The summed E-state index contributed by atoms with van der Waals surface area (Å²) >= 11 is 0. The van der Waals surface area contributed by atoms with E-state index in [1.165, 1.54) is 18.6 Å². The minimum Gasteiger partial charge on any atom is -0.493 e. The maximum absolute atomic E-state index is 14.3. The summed E-state index contributed by atoms with van der Waals surface area (Å²) in [7, 11) is 0. The van der Waals surface area contributed by atoms with Gasteiger partial charge in [0.05, 0.1) is 6.61 Å². The van der Waals surface area contributed by atoms with E-state index >= 15 is 0 Å². The van der Waals surface area contributed by atoms with E-state index < -0.39 is 0 Å². The third-order valence-electron chi connectivity index (χ3n) is 4.85. The molecule has 3 aromatic rings. The van der Waals surface area contributed by atoms with Crippen LogP contribution in [0.5, 0.6) is 5.75 Å². The van der Waals surface area contributed by atoms with E-state index in [1.807, 2.05) is 0 Å². The standard InChI is InChI=1S/C18H17FN6O2/c19-14-3-4-15-11(5-6-27-15)12(14)7-20-18-21-8-13(16-24-22-9-25(16)18)17(26)23-10-1-2-10/h3-4,8-10H,1-2,5-7H2,(H,20,21)(H,23,26). The molecule has 0 radical (unpaired) electrons. The molecule has 1 aliphatic carbocycles. The first-order chi connectivity index (χ1) is 13.2. The van der Waals surface area contributed by atoms with E-state index in [2.05, 4.69) is 25.8 Å². The van der Waals surface area contributed by atoms with Gasteiger partial charge in [-0.2, -0.15) is 0 Å². The van der Waals surface area contributed by atoms with Crippen LogP contribution in [0.2, 0.25) is 0 Å². The molecule has 2 aromatic heterocycles. The summed E-state index contributed by atoms with van der Waals surface area (Å²) < 4.78 is 21.4. The van der Waals surface area contributed by atoms with E-state index in [0.717, 1.165) is 24.2 Å². The number of nitrogens with one attached hydrogen (secondary N) is 2. The van der Waals surface area contributed by atoms with Gasteiger partial charge in [-0.1, -0.05) is 0 Å². The zero-order chi connectivity index (χ0) is 18.4. The number of ether oxygens (including phenoxy) is 1. The molecule has 138 valence electrons. The fourth-order valence-electron chi connectivity index (χ4n) is 3.27. The second-order valence-corrected chi connectivity index (χ2v) is 6.72. The highest BCUT2D eigenvalue weighted by Crippen LogP contribution is 2.30. The average Bonchev–Trinajstić information content (AvgIpc) is 3.15. The molecular formula is C18H17FN6O2. The van der Waals surface area contributed by atoms with E-state index in [0.29, 0.717) is 35.8 Å². The summed E-state index contributed by atoms with van der Waals surface area (Å²) in [6.45, 7) is 0.802. The van der Waals surface area contributed by atoms with Gasteiger partial charge < -0.3 is 15.4 Å². The molecule has 1 aromatic carbocycles. The van der Waals surface area contributed by atoms with Crippen LogP contribution in [-0.2, 0) is 13.0 Å². The predicted molar refractivity (Wildman–Crippen MR) is 94.2 cm³/mol. The van der Waals surface area contributed by atoms with Gasteiger partial charge in [0.2, 0.25) is 5.95 Å². The van der Waals surface area contributed by atoms with Gasteiger partial charge in [-0.25, -0.2) is 9.37 Å². The van der Waals surface area contributed by atoms with Gasteiger partial charge in [0, 0.05) is 36.3 Å². The number of benzene rings is 1. The SMILES string of the molecule is O=C(NC1CC1)c1cnc(NCc2c(F)ccc3c2CCO3)n2cnnc12. The topological polar surface area (TPSA) is 93.4 Å². The zero-order valence-electron chi connectivity index (χ0n) is 14.4. The van der Waals surface area contributed by atoms with Crippen molar-refractivity contribution in [3.8, 4) is 5.75 Å². The largest absolute Gasteiger partial charge is 0.493 e. The van der Waals surface area contributed by atoms with E-state index in [9.17, 15) is 9.18 Å². The number of aromatic nitrogens is 4. The highest BCUT2D eigenvalue weighted by atomic mass is 19.1. The monoisotopic (exact) mass is 368 g/mol. The highest BCUT2D eigenvalue weighted by Gasteiger charge is 2.26. The zero-order valence-corrected chi connectivity index (χ0v) is 14.4. The maximum Gasteiger partial charge on any atom is 0.256 e. The lowest BCUT2D eigenvalue weighted by atomic mass is 10.0. The lowest BCUT2D eigenvalue weighted by Crippen LogP contribution is -2.26. The molecule has 1 aliphatic heterocycles. The molecule has 0 bridgehead atoms. The molecule has 8 nitrogen and oxygen atoms in total. The van der Waals surface area contributed by atoms with Crippen LogP contribution < -0.4 is 15.4 Å². The van der Waals surface area contributed by atoms with Crippen LogP contribution in [-0.4, -0.2) is 38.1 Å². The van der Waals surface area contributed by atoms with Crippen molar-refractivity contribution < 1.29 is 13.9 Å². The summed E-state index contributed by atoms with van der Waals surface area (Å²) in [5.74, 6) is 0.669. The van der Waals surface area contributed by atoms with Crippen LogP contribution in [0.25, 0.3) is 5.65 Å². The lowest BCUT2D eigenvalue weighted by Gasteiger charge is -2.12. The molecule has 0 unspecified atom stereocenters. The van der Waals surface area contributed by atoms with Crippen molar-refractivity contribution in [2.45, 2.75) is 31.8 Å². The molecule has 2 N–H and O–H groups in total. The van der Waals surface area contributed by atoms with Gasteiger partial charge in [-0.15, -0.1) is 10.2 Å². The van der Waals surface area contributed by atoms with Crippen molar-refractivity contribution >= 4 is 17.5 Å². The van der Waals surface area contributed by atoms with Crippen LogP contribution in [0.4, 0.5) is 10.3 Å². The first-order valence-corrected chi connectivity index (χ1v) is 8.87. The number of hydrogen-bond acceptors (Lipinski definition) is 6. The Bertz CT molecular complexity index is 1050. The minimum atomic E-state index is -0.285. The molecule has 1 saturated carbocycles. The minimum absolute atomic E-state index is 0.210. The molecular weight excluding hydrogens is 351 g/mol. The summed E-state index contributed by atoms with van der Waals surface area (Å²) in [6, 6.07) is 3.31. The first-order valence-electron chi connectivity index (χ1n) is 8.87. The number of nitrogens with zero attached hydrogens (tertiary/aromatic N) is 4. The van der Waals surface area contributed by atoms with Gasteiger partial charge >= 0.3 is 0 Å². The number of halogens is 1. The van der Waals surface area contributed by atoms with Crippen molar-refractivity contribution in [2.24, 2.45) is 0 Å². The second kappa shape index (κ2) is 6.19. The quantitative estimate of drug-likeness (QED) is 0.712. The Hall–Kier alpha value is -3.23. The highest BCUT2D eigenvalue weighted by molar-refractivity contribution is 5.99. The molecule has 1 fully saturated rings. The normalized spacial score (nSPS) is 15.4. The summed E-state index contributed by atoms with van der Waals surface area (Å²) in [6.07, 6.45) is 5.63. The second-order valence-electron chi connectivity index (χ2n) is 6.72. The van der Waals surface area contributed by atoms with E-state index in [4.69, 9.17) is 4.74 Å². The van der Waals surface area contributed by atoms with Gasteiger partial charge in [0.15, 0.2) is 5.65 Å². The molecule has 1 amide bonds. The van der Waals surface area contributed by atoms with Crippen LogP contribution in [0.15, 0.2) is 24.7 Å². The first kappa shape index (κ1) is 16.0. The van der Waals surface area contributed by atoms with E-state index in [1.54, 1.807) is 10.5 Å². The van der Waals surface area contributed by atoms with Crippen molar-refractivity contribution in [1.82, 2.24) is 24.9 Å². The van der Waals surface area contributed by atoms with Crippen LogP contribution in [0.3, 0.4) is 0 Å². The Morgan fingerprint density at radius 3 is 3.11 bits per heavy atom. The molecule has 0 saturated heterocycles. The van der Waals surface area contributed by atoms with Crippen molar-refractivity contribution in [3.63, 3.8) is 0 Å². The van der Waals surface area contributed by atoms with E-state index in [-0.39, 0.29) is 24.3 Å². The number of fused-ring (bicyclic) bond motifs is 2. The van der Waals surface area contributed by atoms with Crippen molar-refractivity contribution in [2.75, 3.05) is 11.9 Å². The summed E-state index contributed by atoms with van der Waals surface area (Å²) in [5, 5.41) is 14.0. The molecule has 2 aliphatic rings. The van der Waals surface area contributed by atoms with Gasteiger partial charge in [0.1, 0.15) is 23.5 Å².